The molecular formula is C13H15BrN2O2S. The van der Waals surface area contributed by atoms with Crippen LogP contribution >= 0.6 is 27.7 Å². The van der Waals surface area contributed by atoms with Crippen LogP contribution in [0.1, 0.15) is 10.4 Å². The SMILES string of the molecule is CN(C)C(=O)[C@H]1CSCN1C(=O)c1ccccc1Br. The van der Waals surface area contributed by atoms with E-state index in [0.29, 0.717) is 17.2 Å². The fourth-order valence-corrected chi connectivity index (χ4v) is 3.53. The molecule has 6 heteroatoms. The number of rotatable bonds is 2. The van der Waals surface area contributed by atoms with E-state index in [1.54, 1.807) is 36.8 Å². The molecule has 19 heavy (non-hydrogen) atoms. The van der Waals surface area contributed by atoms with Crippen molar-refractivity contribution in [3.8, 4) is 0 Å². The van der Waals surface area contributed by atoms with Crippen molar-refractivity contribution in [2.24, 2.45) is 0 Å². The highest BCUT2D eigenvalue weighted by molar-refractivity contribution is 9.10. The molecule has 0 saturated carbocycles. The number of hydrogen-bond acceptors (Lipinski definition) is 3. The molecule has 4 nitrogen and oxygen atoms in total. The average molecular weight is 343 g/mol. The van der Waals surface area contributed by atoms with Gasteiger partial charge in [-0.2, -0.15) is 0 Å². The minimum atomic E-state index is -0.361. The van der Waals surface area contributed by atoms with E-state index in [0.717, 1.165) is 4.47 Å². The summed E-state index contributed by atoms with van der Waals surface area (Å²) in [6, 6.07) is 6.93. The Balaban J connectivity index is 2.24. The number of benzene rings is 1. The fraction of sp³-hybridized carbons (Fsp3) is 0.385. The number of nitrogens with zero attached hydrogens (tertiary/aromatic N) is 2. The molecular weight excluding hydrogens is 328 g/mol. The van der Waals surface area contributed by atoms with Gasteiger partial charge in [0.1, 0.15) is 6.04 Å². The first kappa shape index (κ1) is 14.4. The summed E-state index contributed by atoms with van der Waals surface area (Å²) in [6.45, 7) is 0. The van der Waals surface area contributed by atoms with E-state index in [2.05, 4.69) is 15.9 Å². The quantitative estimate of drug-likeness (QED) is 0.825. The molecule has 0 aromatic heterocycles. The lowest BCUT2D eigenvalue weighted by molar-refractivity contribution is -0.132. The first-order chi connectivity index (χ1) is 9.02. The van der Waals surface area contributed by atoms with Gasteiger partial charge in [-0.1, -0.05) is 12.1 Å². The van der Waals surface area contributed by atoms with Crippen LogP contribution in [0.15, 0.2) is 28.7 Å². The Labute approximate surface area is 125 Å². The highest BCUT2D eigenvalue weighted by Gasteiger charge is 2.36. The Morgan fingerprint density at radius 3 is 2.68 bits per heavy atom. The zero-order valence-electron chi connectivity index (χ0n) is 10.8. The zero-order chi connectivity index (χ0) is 14.0. The van der Waals surface area contributed by atoms with E-state index in [1.807, 2.05) is 18.2 Å². The Morgan fingerprint density at radius 2 is 2.05 bits per heavy atom. The molecule has 1 heterocycles. The summed E-state index contributed by atoms with van der Waals surface area (Å²) < 4.78 is 0.757. The lowest BCUT2D eigenvalue weighted by Crippen LogP contribution is -2.46. The molecule has 1 saturated heterocycles. The number of amides is 2. The van der Waals surface area contributed by atoms with Crippen LogP contribution in [-0.2, 0) is 4.79 Å². The van der Waals surface area contributed by atoms with Crippen LogP contribution in [0.5, 0.6) is 0 Å². The van der Waals surface area contributed by atoms with Crippen molar-refractivity contribution >= 4 is 39.5 Å². The molecule has 1 fully saturated rings. The Hall–Kier alpha value is -1.01. The smallest absolute Gasteiger partial charge is 0.256 e. The van der Waals surface area contributed by atoms with Crippen molar-refractivity contribution in [1.29, 1.82) is 0 Å². The van der Waals surface area contributed by atoms with E-state index in [-0.39, 0.29) is 17.9 Å². The standard InChI is InChI=1S/C13H15BrN2O2S/c1-15(2)13(18)11-7-19-8-16(11)12(17)9-5-3-4-6-10(9)14/h3-6,11H,7-8H2,1-2H3/t11-/m1/s1. The largest absolute Gasteiger partial charge is 0.347 e. The van der Waals surface area contributed by atoms with Gasteiger partial charge in [-0.3, -0.25) is 9.59 Å². The molecule has 1 aromatic carbocycles. The molecule has 0 aliphatic carbocycles. The number of likely N-dealkylation sites (N-methyl/N-ethyl adjacent to an activating group) is 1. The minimum Gasteiger partial charge on any atom is -0.347 e. The second-order valence-corrected chi connectivity index (χ2v) is 6.36. The third-order valence-corrected chi connectivity index (χ3v) is 4.68. The lowest BCUT2D eigenvalue weighted by Gasteiger charge is -2.25. The van der Waals surface area contributed by atoms with Gasteiger partial charge in [0.2, 0.25) is 5.91 Å². The Bertz CT molecular complexity index is 507. The minimum absolute atomic E-state index is 0.0228. The van der Waals surface area contributed by atoms with Crippen molar-refractivity contribution in [2.45, 2.75) is 6.04 Å². The van der Waals surface area contributed by atoms with Crippen LogP contribution in [0, 0.1) is 0 Å². The van der Waals surface area contributed by atoms with Crippen molar-refractivity contribution in [2.75, 3.05) is 25.7 Å². The summed E-state index contributed by atoms with van der Waals surface area (Å²) in [7, 11) is 3.43. The maximum atomic E-state index is 12.5. The van der Waals surface area contributed by atoms with E-state index in [1.165, 1.54) is 4.90 Å². The van der Waals surface area contributed by atoms with Crippen molar-refractivity contribution in [3.63, 3.8) is 0 Å². The van der Waals surface area contributed by atoms with Gasteiger partial charge < -0.3 is 9.80 Å². The number of thioether (sulfide) groups is 1. The lowest BCUT2D eigenvalue weighted by atomic mass is 10.1. The number of halogens is 1. The van der Waals surface area contributed by atoms with Gasteiger partial charge in [0.15, 0.2) is 0 Å². The van der Waals surface area contributed by atoms with Gasteiger partial charge >= 0.3 is 0 Å². The second-order valence-electron chi connectivity index (χ2n) is 4.50. The van der Waals surface area contributed by atoms with Gasteiger partial charge in [0, 0.05) is 24.3 Å². The van der Waals surface area contributed by atoms with Crippen molar-refractivity contribution in [1.82, 2.24) is 9.80 Å². The summed E-state index contributed by atoms with van der Waals surface area (Å²) in [6.07, 6.45) is 0. The summed E-state index contributed by atoms with van der Waals surface area (Å²) in [5.74, 6) is 1.10. The number of hydrogen-bond donors (Lipinski definition) is 0. The van der Waals surface area contributed by atoms with Crippen LogP contribution in [0.4, 0.5) is 0 Å². The summed E-state index contributed by atoms with van der Waals surface area (Å²) in [5.41, 5.74) is 0.599. The third kappa shape index (κ3) is 2.95. The fourth-order valence-electron chi connectivity index (χ4n) is 1.93. The second kappa shape index (κ2) is 5.96. The molecule has 1 aliphatic heterocycles. The van der Waals surface area contributed by atoms with Gasteiger partial charge in [0.05, 0.1) is 11.4 Å². The van der Waals surface area contributed by atoms with Crippen molar-refractivity contribution in [3.05, 3.63) is 34.3 Å². The molecule has 0 spiro atoms. The van der Waals surface area contributed by atoms with Crippen LogP contribution in [-0.4, -0.2) is 53.4 Å². The summed E-state index contributed by atoms with van der Waals surface area (Å²) in [5, 5.41) is 0. The maximum absolute atomic E-state index is 12.5. The molecule has 1 atom stereocenters. The average Bonchev–Trinajstić information content (AvgIpc) is 2.86. The highest BCUT2D eigenvalue weighted by Crippen LogP contribution is 2.26. The molecule has 0 N–H and O–H groups in total. The Morgan fingerprint density at radius 1 is 1.37 bits per heavy atom. The van der Waals surface area contributed by atoms with Gasteiger partial charge in [-0.05, 0) is 28.1 Å². The normalized spacial score (nSPS) is 18.5. The van der Waals surface area contributed by atoms with E-state index in [9.17, 15) is 9.59 Å². The first-order valence-electron chi connectivity index (χ1n) is 5.86. The summed E-state index contributed by atoms with van der Waals surface area (Å²) in [4.78, 5) is 27.8. The van der Waals surface area contributed by atoms with E-state index in [4.69, 9.17) is 0 Å². The topological polar surface area (TPSA) is 40.6 Å². The molecule has 0 radical (unpaired) electrons. The van der Waals surface area contributed by atoms with Crippen LogP contribution < -0.4 is 0 Å². The van der Waals surface area contributed by atoms with Gasteiger partial charge in [0.25, 0.3) is 5.91 Å². The zero-order valence-corrected chi connectivity index (χ0v) is 13.2. The predicted molar refractivity (Wildman–Crippen MR) is 80.1 cm³/mol. The molecule has 0 unspecified atom stereocenters. The van der Waals surface area contributed by atoms with Crippen molar-refractivity contribution < 1.29 is 9.59 Å². The Kier molecular flexibility index (Phi) is 4.52. The predicted octanol–water partition coefficient (Wildman–Crippen LogP) is 2.05. The van der Waals surface area contributed by atoms with Crippen LogP contribution in [0.3, 0.4) is 0 Å². The molecule has 102 valence electrons. The van der Waals surface area contributed by atoms with Crippen LogP contribution in [0.2, 0.25) is 0 Å². The highest BCUT2D eigenvalue weighted by atomic mass is 79.9. The van der Waals surface area contributed by atoms with Gasteiger partial charge in [-0.15, -0.1) is 11.8 Å². The maximum Gasteiger partial charge on any atom is 0.256 e. The van der Waals surface area contributed by atoms with Gasteiger partial charge in [-0.25, -0.2) is 0 Å². The number of carbonyl (C=O) groups excluding carboxylic acids is 2. The molecule has 2 rings (SSSR count). The number of carbonyl (C=O) groups is 2. The van der Waals surface area contributed by atoms with E-state index < -0.39 is 0 Å². The third-order valence-electron chi connectivity index (χ3n) is 2.97. The van der Waals surface area contributed by atoms with Crippen LogP contribution in [0.25, 0.3) is 0 Å². The monoisotopic (exact) mass is 342 g/mol. The summed E-state index contributed by atoms with van der Waals surface area (Å²) >= 11 is 4.99. The molecule has 1 aliphatic rings. The molecule has 2 amide bonds. The van der Waals surface area contributed by atoms with E-state index >= 15 is 0 Å². The molecule has 0 bridgehead atoms. The molecule has 1 aromatic rings. The first-order valence-corrected chi connectivity index (χ1v) is 7.81.